The molecule has 6 nitrogen and oxygen atoms in total. The molecule has 0 bridgehead atoms. The standard InChI is InChI=1S/C13H15FN4O2/c1-20-12(19)10-8(14)2-3-9-11(10)17-13(16-9)18-6-4-15-5-7-18/h2-3,15H,4-7H2,1H3,(H,16,17). The van der Waals surface area contributed by atoms with Crippen molar-refractivity contribution in [3.63, 3.8) is 0 Å². The Morgan fingerprint density at radius 3 is 2.85 bits per heavy atom. The number of H-pyrrole nitrogens is 1. The molecule has 2 aromatic rings. The lowest BCUT2D eigenvalue weighted by Crippen LogP contribution is -2.44. The zero-order chi connectivity index (χ0) is 14.1. The van der Waals surface area contributed by atoms with Crippen molar-refractivity contribution in [2.75, 3.05) is 38.2 Å². The smallest absolute Gasteiger partial charge is 0.343 e. The quantitative estimate of drug-likeness (QED) is 0.799. The van der Waals surface area contributed by atoms with Crippen LogP contribution in [0.15, 0.2) is 12.1 Å². The highest BCUT2D eigenvalue weighted by atomic mass is 19.1. The number of aromatic amines is 1. The van der Waals surface area contributed by atoms with Crippen molar-refractivity contribution in [1.82, 2.24) is 15.3 Å². The number of benzene rings is 1. The average molecular weight is 278 g/mol. The first-order chi connectivity index (χ1) is 9.70. The molecule has 20 heavy (non-hydrogen) atoms. The summed E-state index contributed by atoms with van der Waals surface area (Å²) in [6.07, 6.45) is 0. The van der Waals surface area contributed by atoms with Gasteiger partial charge in [0.05, 0.1) is 12.6 Å². The fourth-order valence-electron chi connectivity index (χ4n) is 2.36. The third-order valence-corrected chi connectivity index (χ3v) is 3.40. The molecule has 2 N–H and O–H groups in total. The van der Waals surface area contributed by atoms with Gasteiger partial charge in [0.25, 0.3) is 0 Å². The van der Waals surface area contributed by atoms with Crippen molar-refractivity contribution in [1.29, 1.82) is 0 Å². The number of halogens is 1. The lowest BCUT2D eigenvalue weighted by Gasteiger charge is -2.26. The number of nitrogens with zero attached hydrogens (tertiary/aromatic N) is 2. The van der Waals surface area contributed by atoms with Crippen LogP contribution in [0.1, 0.15) is 10.4 Å². The molecule has 0 atom stereocenters. The van der Waals surface area contributed by atoms with Crippen LogP contribution >= 0.6 is 0 Å². The average Bonchev–Trinajstić information content (AvgIpc) is 2.91. The number of hydrogen-bond donors (Lipinski definition) is 2. The van der Waals surface area contributed by atoms with Gasteiger partial charge in [0.2, 0.25) is 5.95 Å². The third kappa shape index (κ3) is 2.09. The Morgan fingerprint density at radius 1 is 1.40 bits per heavy atom. The van der Waals surface area contributed by atoms with E-state index in [9.17, 15) is 9.18 Å². The number of methoxy groups -OCH3 is 1. The number of ether oxygens (including phenoxy) is 1. The number of anilines is 1. The summed E-state index contributed by atoms with van der Waals surface area (Å²) in [6.45, 7) is 3.37. The van der Waals surface area contributed by atoms with Crippen molar-refractivity contribution in [2.45, 2.75) is 0 Å². The third-order valence-electron chi connectivity index (χ3n) is 3.40. The molecule has 0 unspecified atom stereocenters. The van der Waals surface area contributed by atoms with E-state index in [1.54, 1.807) is 6.07 Å². The highest BCUT2D eigenvalue weighted by molar-refractivity contribution is 6.02. The van der Waals surface area contributed by atoms with E-state index in [4.69, 9.17) is 0 Å². The Balaban J connectivity index is 2.08. The predicted molar refractivity (Wildman–Crippen MR) is 72.5 cm³/mol. The molecule has 3 rings (SSSR count). The molecular weight excluding hydrogens is 263 g/mol. The molecule has 7 heteroatoms. The van der Waals surface area contributed by atoms with E-state index in [1.165, 1.54) is 13.2 Å². The molecule has 1 aliphatic heterocycles. The van der Waals surface area contributed by atoms with Crippen molar-refractivity contribution in [2.24, 2.45) is 0 Å². The fourth-order valence-corrected chi connectivity index (χ4v) is 2.36. The van der Waals surface area contributed by atoms with Gasteiger partial charge in [-0.05, 0) is 12.1 Å². The minimum absolute atomic E-state index is 0.123. The van der Waals surface area contributed by atoms with Crippen LogP contribution in [0, 0.1) is 5.82 Å². The first-order valence-corrected chi connectivity index (χ1v) is 6.43. The molecule has 1 aliphatic rings. The fraction of sp³-hybridized carbons (Fsp3) is 0.385. The van der Waals surface area contributed by atoms with E-state index in [0.717, 1.165) is 26.2 Å². The summed E-state index contributed by atoms with van der Waals surface area (Å²) in [5.41, 5.74) is 0.813. The van der Waals surface area contributed by atoms with Gasteiger partial charge in [-0.1, -0.05) is 0 Å². The largest absolute Gasteiger partial charge is 0.465 e. The van der Waals surface area contributed by atoms with Crippen LogP contribution in [0.25, 0.3) is 11.0 Å². The summed E-state index contributed by atoms with van der Waals surface area (Å²) in [7, 11) is 1.23. The number of rotatable bonds is 2. The van der Waals surface area contributed by atoms with Crippen molar-refractivity contribution < 1.29 is 13.9 Å². The highest BCUT2D eigenvalue weighted by Crippen LogP contribution is 2.24. The van der Waals surface area contributed by atoms with Gasteiger partial charge in [0.15, 0.2) is 0 Å². The zero-order valence-corrected chi connectivity index (χ0v) is 11.1. The van der Waals surface area contributed by atoms with E-state index < -0.39 is 11.8 Å². The Hall–Kier alpha value is -2.15. The normalized spacial score (nSPS) is 15.6. The molecule has 0 amide bonds. The van der Waals surface area contributed by atoms with Gasteiger partial charge in [0.1, 0.15) is 16.9 Å². The number of esters is 1. The topological polar surface area (TPSA) is 70.2 Å². The van der Waals surface area contributed by atoms with Gasteiger partial charge in [-0.25, -0.2) is 14.2 Å². The second-order valence-corrected chi connectivity index (χ2v) is 4.61. The SMILES string of the molecule is COC(=O)c1c(F)ccc2[nH]c(N3CCNCC3)nc12. The molecule has 0 aliphatic carbocycles. The van der Waals surface area contributed by atoms with Crippen LogP contribution < -0.4 is 10.2 Å². The maximum absolute atomic E-state index is 13.8. The van der Waals surface area contributed by atoms with E-state index >= 15 is 0 Å². The summed E-state index contributed by atoms with van der Waals surface area (Å²) in [6, 6.07) is 2.82. The van der Waals surface area contributed by atoms with E-state index in [-0.39, 0.29) is 5.56 Å². The van der Waals surface area contributed by atoms with Crippen LogP contribution in [0.5, 0.6) is 0 Å². The summed E-state index contributed by atoms with van der Waals surface area (Å²) < 4.78 is 18.5. The van der Waals surface area contributed by atoms with Crippen LogP contribution in [0.3, 0.4) is 0 Å². The van der Waals surface area contributed by atoms with Gasteiger partial charge < -0.3 is 19.9 Å². The first kappa shape index (κ1) is 12.9. The molecule has 1 fully saturated rings. The number of fused-ring (bicyclic) bond motifs is 1. The molecule has 1 aromatic heterocycles. The van der Waals surface area contributed by atoms with Gasteiger partial charge in [0, 0.05) is 26.2 Å². The summed E-state index contributed by atoms with van der Waals surface area (Å²) >= 11 is 0. The van der Waals surface area contributed by atoms with Gasteiger partial charge in [-0.3, -0.25) is 0 Å². The Morgan fingerprint density at radius 2 is 2.15 bits per heavy atom. The molecule has 2 heterocycles. The maximum atomic E-state index is 13.8. The highest BCUT2D eigenvalue weighted by Gasteiger charge is 2.21. The minimum atomic E-state index is -0.716. The molecule has 1 aromatic carbocycles. The number of carbonyl (C=O) groups excluding carboxylic acids is 1. The number of hydrogen-bond acceptors (Lipinski definition) is 5. The van der Waals surface area contributed by atoms with E-state index in [0.29, 0.717) is 17.0 Å². The zero-order valence-electron chi connectivity index (χ0n) is 11.1. The molecule has 0 saturated carbocycles. The van der Waals surface area contributed by atoms with Crippen LogP contribution in [-0.2, 0) is 4.74 Å². The predicted octanol–water partition coefficient (Wildman–Crippen LogP) is 0.898. The number of carbonyl (C=O) groups is 1. The summed E-state index contributed by atoms with van der Waals surface area (Å²) in [4.78, 5) is 21.3. The van der Waals surface area contributed by atoms with E-state index in [1.807, 2.05) is 0 Å². The maximum Gasteiger partial charge on any atom is 0.343 e. The summed E-state index contributed by atoms with van der Waals surface area (Å²) in [5, 5.41) is 3.25. The first-order valence-electron chi connectivity index (χ1n) is 6.43. The number of aromatic nitrogens is 2. The van der Waals surface area contributed by atoms with Crippen LogP contribution in [0.4, 0.5) is 10.3 Å². The Labute approximate surface area is 114 Å². The second-order valence-electron chi connectivity index (χ2n) is 4.61. The molecule has 0 spiro atoms. The lowest BCUT2D eigenvalue weighted by molar-refractivity contribution is 0.0597. The Kier molecular flexibility index (Phi) is 3.27. The monoisotopic (exact) mass is 278 g/mol. The van der Waals surface area contributed by atoms with Crippen molar-refractivity contribution >= 4 is 23.0 Å². The summed E-state index contributed by atoms with van der Waals surface area (Å²) in [5.74, 6) is -0.688. The molecule has 106 valence electrons. The number of nitrogens with one attached hydrogen (secondary N) is 2. The van der Waals surface area contributed by atoms with Crippen molar-refractivity contribution in [3.8, 4) is 0 Å². The molecule has 0 radical (unpaired) electrons. The van der Waals surface area contributed by atoms with E-state index in [2.05, 4.69) is 24.9 Å². The van der Waals surface area contributed by atoms with Crippen LogP contribution in [-0.4, -0.2) is 49.2 Å². The van der Waals surface area contributed by atoms with Crippen molar-refractivity contribution in [3.05, 3.63) is 23.5 Å². The Bertz CT molecular complexity index is 649. The van der Waals surface area contributed by atoms with Gasteiger partial charge in [-0.2, -0.15) is 0 Å². The lowest BCUT2D eigenvalue weighted by atomic mass is 10.2. The number of imidazole rings is 1. The van der Waals surface area contributed by atoms with Gasteiger partial charge in [-0.15, -0.1) is 0 Å². The minimum Gasteiger partial charge on any atom is -0.465 e. The molecular formula is C13H15FN4O2. The number of piperazine rings is 1. The second kappa shape index (κ2) is 5.09. The van der Waals surface area contributed by atoms with Crippen LogP contribution in [0.2, 0.25) is 0 Å². The van der Waals surface area contributed by atoms with Gasteiger partial charge >= 0.3 is 5.97 Å². The molecule has 1 saturated heterocycles.